The highest BCUT2D eigenvalue weighted by Crippen LogP contribution is 2.42. The number of amides is 1. The zero-order valence-electron chi connectivity index (χ0n) is 13.3. The highest BCUT2D eigenvalue weighted by atomic mass is 32.1. The van der Waals surface area contributed by atoms with Crippen molar-refractivity contribution in [2.45, 2.75) is 58.0 Å². The van der Waals surface area contributed by atoms with E-state index >= 15 is 0 Å². The van der Waals surface area contributed by atoms with Gasteiger partial charge in [0.2, 0.25) is 0 Å². The Hall–Kier alpha value is -1.75. The van der Waals surface area contributed by atoms with Gasteiger partial charge in [0.25, 0.3) is 5.91 Å². The summed E-state index contributed by atoms with van der Waals surface area (Å²) in [5, 5.41) is 1.14. The van der Waals surface area contributed by atoms with Gasteiger partial charge in [-0.3, -0.25) is 9.78 Å². The molecule has 5 rings (SSSR count). The molecule has 0 bridgehead atoms. The van der Waals surface area contributed by atoms with Crippen molar-refractivity contribution in [3.05, 3.63) is 44.2 Å². The van der Waals surface area contributed by atoms with E-state index in [2.05, 4.69) is 11.9 Å². The number of carbonyl (C=O) groups is 1. The van der Waals surface area contributed by atoms with Crippen LogP contribution in [0.2, 0.25) is 0 Å². The Morgan fingerprint density at radius 1 is 1.22 bits per heavy atom. The van der Waals surface area contributed by atoms with Crippen LogP contribution in [-0.2, 0) is 25.9 Å². The fourth-order valence-corrected chi connectivity index (χ4v) is 4.91. The fourth-order valence-electron chi connectivity index (χ4n) is 3.86. The van der Waals surface area contributed by atoms with Crippen molar-refractivity contribution >= 4 is 17.2 Å². The van der Waals surface area contributed by atoms with Crippen LogP contribution < -0.4 is 0 Å². The predicted molar refractivity (Wildman–Crippen MR) is 88.7 cm³/mol. The van der Waals surface area contributed by atoms with Gasteiger partial charge in [-0.1, -0.05) is 0 Å². The molecule has 1 aliphatic heterocycles. The number of hydrogen-bond donors (Lipinski definition) is 0. The standard InChI is InChI=1S/C18H19N3OS/c1-10-12-3-2-4-14(12)20-15-9-21(8-13(10)15)18(22)16-7-19-17(23-16)11-5-6-11/h7,11H,2-6,8-9H2,1H3. The van der Waals surface area contributed by atoms with E-state index < -0.39 is 0 Å². The van der Waals surface area contributed by atoms with Crippen LogP contribution in [0.4, 0.5) is 0 Å². The third-order valence-electron chi connectivity index (χ3n) is 5.35. The van der Waals surface area contributed by atoms with Gasteiger partial charge in [-0.2, -0.15) is 0 Å². The summed E-state index contributed by atoms with van der Waals surface area (Å²) in [6.45, 7) is 3.56. The van der Waals surface area contributed by atoms with Gasteiger partial charge in [0, 0.05) is 18.2 Å². The van der Waals surface area contributed by atoms with Gasteiger partial charge in [-0.15, -0.1) is 11.3 Å². The van der Waals surface area contributed by atoms with E-state index in [1.165, 1.54) is 41.6 Å². The summed E-state index contributed by atoms with van der Waals surface area (Å²) < 4.78 is 0. The minimum atomic E-state index is 0.118. The molecule has 3 heterocycles. The molecule has 0 aromatic carbocycles. The summed E-state index contributed by atoms with van der Waals surface area (Å²) in [4.78, 5) is 24.8. The molecule has 0 radical (unpaired) electrons. The first-order chi connectivity index (χ1) is 11.2. The average molecular weight is 325 g/mol. The minimum absolute atomic E-state index is 0.118. The van der Waals surface area contributed by atoms with E-state index in [0.717, 1.165) is 28.4 Å². The van der Waals surface area contributed by atoms with Crippen molar-refractivity contribution in [2.24, 2.45) is 0 Å². The Morgan fingerprint density at radius 2 is 2.09 bits per heavy atom. The molecule has 0 N–H and O–H groups in total. The Kier molecular flexibility index (Phi) is 2.89. The Balaban J connectivity index is 1.42. The molecule has 5 heteroatoms. The first-order valence-corrected chi connectivity index (χ1v) is 9.27. The summed E-state index contributed by atoms with van der Waals surface area (Å²) in [6, 6.07) is 0. The lowest BCUT2D eigenvalue weighted by molar-refractivity contribution is 0.0755. The number of rotatable bonds is 2. The molecule has 4 nitrogen and oxygen atoms in total. The maximum absolute atomic E-state index is 12.8. The summed E-state index contributed by atoms with van der Waals surface area (Å²) in [5.74, 6) is 0.733. The molecule has 0 spiro atoms. The largest absolute Gasteiger partial charge is 0.328 e. The van der Waals surface area contributed by atoms with Crippen LogP contribution in [0.5, 0.6) is 0 Å². The number of pyridine rings is 1. The van der Waals surface area contributed by atoms with Crippen molar-refractivity contribution in [2.75, 3.05) is 0 Å². The van der Waals surface area contributed by atoms with Gasteiger partial charge in [-0.25, -0.2) is 4.98 Å². The van der Waals surface area contributed by atoms with Gasteiger partial charge < -0.3 is 4.90 Å². The number of hydrogen-bond acceptors (Lipinski definition) is 4. The van der Waals surface area contributed by atoms with E-state index in [1.807, 2.05) is 4.90 Å². The van der Waals surface area contributed by atoms with E-state index in [4.69, 9.17) is 4.98 Å². The van der Waals surface area contributed by atoms with Crippen molar-refractivity contribution in [1.29, 1.82) is 0 Å². The summed E-state index contributed by atoms with van der Waals surface area (Å²) in [7, 11) is 0. The Bertz CT molecular complexity index is 822. The second-order valence-corrected chi connectivity index (χ2v) is 8.00. The van der Waals surface area contributed by atoms with E-state index in [1.54, 1.807) is 17.5 Å². The van der Waals surface area contributed by atoms with Crippen LogP contribution in [0.3, 0.4) is 0 Å². The zero-order chi connectivity index (χ0) is 15.6. The summed E-state index contributed by atoms with van der Waals surface area (Å²) in [5.41, 5.74) is 6.48. The summed E-state index contributed by atoms with van der Waals surface area (Å²) in [6.07, 6.45) is 7.69. The normalized spacial score (nSPS) is 19.1. The quantitative estimate of drug-likeness (QED) is 0.850. The molecule has 118 valence electrons. The number of nitrogens with zero attached hydrogens (tertiary/aromatic N) is 3. The van der Waals surface area contributed by atoms with Crippen LogP contribution >= 0.6 is 11.3 Å². The minimum Gasteiger partial charge on any atom is -0.328 e. The van der Waals surface area contributed by atoms with E-state index in [9.17, 15) is 4.79 Å². The molecule has 2 aliphatic carbocycles. The second-order valence-electron chi connectivity index (χ2n) is 6.94. The second kappa shape index (κ2) is 4.87. The molecule has 1 fully saturated rings. The van der Waals surface area contributed by atoms with Crippen molar-refractivity contribution in [3.8, 4) is 0 Å². The van der Waals surface area contributed by atoms with Gasteiger partial charge in [0.05, 0.1) is 23.4 Å². The van der Waals surface area contributed by atoms with Gasteiger partial charge in [-0.05, 0) is 55.7 Å². The summed E-state index contributed by atoms with van der Waals surface area (Å²) >= 11 is 1.58. The van der Waals surface area contributed by atoms with Crippen LogP contribution in [0.25, 0.3) is 0 Å². The topological polar surface area (TPSA) is 46.1 Å². The maximum Gasteiger partial charge on any atom is 0.266 e. The van der Waals surface area contributed by atoms with Crippen LogP contribution in [-0.4, -0.2) is 20.8 Å². The monoisotopic (exact) mass is 325 g/mol. The molecule has 3 aliphatic rings. The molecule has 0 unspecified atom stereocenters. The van der Waals surface area contributed by atoms with E-state index in [0.29, 0.717) is 19.0 Å². The number of aromatic nitrogens is 2. The molecule has 23 heavy (non-hydrogen) atoms. The highest BCUT2D eigenvalue weighted by molar-refractivity contribution is 7.13. The zero-order valence-corrected chi connectivity index (χ0v) is 14.1. The van der Waals surface area contributed by atoms with Gasteiger partial charge >= 0.3 is 0 Å². The molecule has 1 saturated carbocycles. The predicted octanol–water partition coefficient (Wildman–Crippen LogP) is 3.37. The van der Waals surface area contributed by atoms with Crippen molar-refractivity contribution in [3.63, 3.8) is 0 Å². The van der Waals surface area contributed by atoms with Crippen molar-refractivity contribution in [1.82, 2.24) is 14.9 Å². The van der Waals surface area contributed by atoms with Gasteiger partial charge in [0.1, 0.15) is 4.88 Å². The highest BCUT2D eigenvalue weighted by Gasteiger charge is 2.32. The lowest BCUT2D eigenvalue weighted by Gasteiger charge is -2.13. The molecule has 0 saturated heterocycles. The number of fused-ring (bicyclic) bond motifs is 2. The van der Waals surface area contributed by atoms with Gasteiger partial charge in [0.15, 0.2) is 0 Å². The maximum atomic E-state index is 12.8. The lowest BCUT2D eigenvalue weighted by atomic mass is 10.0. The number of thiazole rings is 1. The smallest absolute Gasteiger partial charge is 0.266 e. The van der Waals surface area contributed by atoms with Crippen LogP contribution in [0.15, 0.2) is 6.20 Å². The van der Waals surface area contributed by atoms with E-state index in [-0.39, 0.29) is 5.91 Å². The van der Waals surface area contributed by atoms with Crippen molar-refractivity contribution < 1.29 is 4.79 Å². The number of carbonyl (C=O) groups excluding carboxylic acids is 1. The molecule has 2 aromatic heterocycles. The molecule has 2 aromatic rings. The fraction of sp³-hybridized carbons (Fsp3) is 0.500. The van der Waals surface area contributed by atoms with Crippen LogP contribution in [0, 0.1) is 6.92 Å². The molecular weight excluding hydrogens is 306 g/mol. The van der Waals surface area contributed by atoms with Crippen LogP contribution in [0.1, 0.15) is 67.9 Å². The molecule has 1 amide bonds. The molecular formula is C18H19N3OS. The third kappa shape index (κ3) is 2.13. The Morgan fingerprint density at radius 3 is 2.91 bits per heavy atom. The third-order valence-corrected chi connectivity index (χ3v) is 6.50. The molecule has 0 atom stereocenters. The first kappa shape index (κ1) is 13.7. The SMILES string of the molecule is Cc1c2c(nc3c1CN(C(=O)c1cnc(C4CC4)s1)C3)CCC2. The lowest BCUT2D eigenvalue weighted by Crippen LogP contribution is -2.24. The Labute approximate surface area is 139 Å². The average Bonchev–Trinajstić information content (AvgIpc) is 3.00. The first-order valence-electron chi connectivity index (χ1n) is 8.46. The number of aryl methyl sites for hydroxylation is 1.